The van der Waals surface area contributed by atoms with Crippen molar-refractivity contribution in [2.45, 2.75) is 45.5 Å². The second-order valence-electron chi connectivity index (χ2n) is 6.78. The Balaban J connectivity index is 1.70. The van der Waals surface area contributed by atoms with Crippen molar-refractivity contribution in [2.24, 2.45) is 0 Å². The molecule has 0 aliphatic carbocycles. The number of hydrogen-bond acceptors (Lipinski definition) is 8. The predicted molar refractivity (Wildman–Crippen MR) is 103 cm³/mol. The lowest BCUT2D eigenvalue weighted by molar-refractivity contribution is -0.147. The number of fused-ring (bicyclic) bond motifs is 2. The van der Waals surface area contributed by atoms with Crippen molar-refractivity contribution in [3.63, 3.8) is 0 Å². The van der Waals surface area contributed by atoms with E-state index in [1.54, 1.807) is 11.3 Å². The molecule has 8 nitrogen and oxygen atoms in total. The zero-order chi connectivity index (χ0) is 21.3. The summed E-state index contributed by atoms with van der Waals surface area (Å²) in [7, 11) is 0. The number of nitrogens with zero attached hydrogens (tertiary/aromatic N) is 7. The first-order valence-corrected chi connectivity index (χ1v) is 10.3. The molecule has 0 N–H and O–H groups in total. The van der Waals surface area contributed by atoms with Crippen molar-refractivity contribution < 1.29 is 17.9 Å². The summed E-state index contributed by atoms with van der Waals surface area (Å²) in [6.45, 7) is 2.81. The van der Waals surface area contributed by atoms with Gasteiger partial charge in [-0.15, -0.1) is 21.5 Å². The fraction of sp³-hybridized carbons (Fsp3) is 0.500. The van der Waals surface area contributed by atoms with Crippen LogP contribution in [-0.2, 0) is 25.7 Å². The molecule has 0 unspecified atom stereocenters. The molecule has 0 atom stereocenters. The third-order valence-corrected chi connectivity index (χ3v) is 5.74. The molecule has 0 radical (unpaired) electrons. The largest absolute Gasteiger partial charge is 0.462 e. The average Bonchev–Trinajstić information content (AvgIpc) is 3.30. The van der Waals surface area contributed by atoms with Gasteiger partial charge in [0.2, 0.25) is 5.82 Å². The van der Waals surface area contributed by atoms with Crippen LogP contribution in [0.5, 0.6) is 6.01 Å². The molecule has 4 heterocycles. The highest BCUT2D eigenvalue weighted by molar-refractivity contribution is 7.18. The summed E-state index contributed by atoms with van der Waals surface area (Å²) < 4.78 is 46.0. The van der Waals surface area contributed by atoms with Crippen LogP contribution in [0.1, 0.15) is 36.3 Å². The Labute approximate surface area is 173 Å². The van der Waals surface area contributed by atoms with Crippen molar-refractivity contribution in [1.82, 2.24) is 24.7 Å². The van der Waals surface area contributed by atoms with Crippen molar-refractivity contribution in [1.29, 1.82) is 5.26 Å². The first-order valence-electron chi connectivity index (χ1n) is 9.45. The Morgan fingerprint density at radius 1 is 1.27 bits per heavy atom. The van der Waals surface area contributed by atoms with Crippen molar-refractivity contribution in [3.05, 3.63) is 22.6 Å². The minimum absolute atomic E-state index is 0.0965. The maximum atomic E-state index is 13.1. The maximum absolute atomic E-state index is 13.1. The van der Waals surface area contributed by atoms with E-state index in [0.29, 0.717) is 12.4 Å². The molecule has 1 aliphatic rings. The molecular weight excluding hydrogens is 419 g/mol. The number of rotatable bonds is 6. The SMILES string of the molecule is CCCc1cc2c(N3CCn4c(nnc4C(F)(F)F)C3)nc(OCCC#N)nc2s1. The van der Waals surface area contributed by atoms with E-state index in [0.717, 1.165) is 32.5 Å². The van der Waals surface area contributed by atoms with Gasteiger partial charge in [-0.3, -0.25) is 0 Å². The van der Waals surface area contributed by atoms with Gasteiger partial charge in [-0.2, -0.15) is 28.4 Å². The number of ether oxygens (including phenoxy) is 1. The molecule has 30 heavy (non-hydrogen) atoms. The molecule has 0 amide bonds. The first kappa shape index (κ1) is 20.3. The van der Waals surface area contributed by atoms with Crippen LogP contribution in [0.3, 0.4) is 0 Å². The number of aryl methyl sites for hydroxylation is 1. The monoisotopic (exact) mass is 437 g/mol. The van der Waals surface area contributed by atoms with Crippen LogP contribution >= 0.6 is 11.3 Å². The van der Waals surface area contributed by atoms with Gasteiger partial charge in [-0.05, 0) is 12.5 Å². The van der Waals surface area contributed by atoms with Gasteiger partial charge in [0.15, 0.2) is 5.82 Å². The lowest BCUT2D eigenvalue weighted by Crippen LogP contribution is -2.36. The van der Waals surface area contributed by atoms with Crippen LogP contribution in [0.15, 0.2) is 6.07 Å². The highest BCUT2D eigenvalue weighted by Crippen LogP contribution is 2.35. The number of halogens is 3. The molecule has 0 spiro atoms. The molecule has 3 aromatic rings. The van der Waals surface area contributed by atoms with Gasteiger partial charge >= 0.3 is 12.2 Å². The van der Waals surface area contributed by atoms with Crippen LogP contribution in [-0.4, -0.2) is 37.9 Å². The fourth-order valence-electron chi connectivity index (χ4n) is 3.35. The molecule has 158 valence electrons. The predicted octanol–water partition coefficient (Wildman–Crippen LogP) is 3.57. The van der Waals surface area contributed by atoms with Gasteiger partial charge in [0.25, 0.3) is 0 Å². The number of hydrogen-bond donors (Lipinski definition) is 0. The third kappa shape index (κ3) is 3.89. The lowest BCUT2D eigenvalue weighted by Gasteiger charge is -2.29. The van der Waals surface area contributed by atoms with Crippen LogP contribution in [0.2, 0.25) is 0 Å². The topological polar surface area (TPSA) is 92.8 Å². The quantitative estimate of drug-likeness (QED) is 0.544. The zero-order valence-electron chi connectivity index (χ0n) is 16.1. The Morgan fingerprint density at radius 3 is 2.83 bits per heavy atom. The van der Waals surface area contributed by atoms with E-state index in [1.165, 1.54) is 0 Å². The summed E-state index contributed by atoms with van der Waals surface area (Å²) in [6.07, 6.45) is -2.46. The van der Waals surface area contributed by atoms with Gasteiger partial charge in [0.05, 0.1) is 24.4 Å². The van der Waals surface area contributed by atoms with Crippen molar-refractivity contribution in [2.75, 3.05) is 18.1 Å². The minimum atomic E-state index is -4.54. The van der Waals surface area contributed by atoms with Gasteiger partial charge in [0, 0.05) is 18.0 Å². The zero-order valence-corrected chi connectivity index (χ0v) is 16.9. The van der Waals surface area contributed by atoms with E-state index in [9.17, 15) is 13.2 Å². The summed E-state index contributed by atoms with van der Waals surface area (Å²) in [5.41, 5.74) is 0. The summed E-state index contributed by atoms with van der Waals surface area (Å²) in [4.78, 5) is 12.7. The van der Waals surface area contributed by atoms with E-state index >= 15 is 0 Å². The molecule has 1 aliphatic heterocycles. The summed E-state index contributed by atoms with van der Waals surface area (Å²) in [6, 6.07) is 4.18. The molecule has 0 saturated heterocycles. The second-order valence-corrected chi connectivity index (χ2v) is 7.89. The highest BCUT2D eigenvalue weighted by atomic mass is 32.1. The lowest BCUT2D eigenvalue weighted by atomic mass is 10.2. The van der Waals surface area contributed by atoms with Crippen LogP contribution < -0.4 is 9.64 Å². The molecule has 12 heteroatoms. The number of thiophene rings is 1. The van der Waals surface area contributed by atoms with Crippen molar-refractivity contribution in [3.8, 4) is 12.1 Å². The second kappa shape index (κ2) is 8.06. The Hall–Kier alpha value is -2.94. The van der Waals surface area contributed by atoms with Gasteiger partial charge in [-0.25, -0.2) is 0 Å². The summed E-state index contributed by atoms with van der Waals surface area (Å²) >= 11 is 1.54. The standard InChI is InChI=1S/C18H18F3N7OS/c1-2-4-11-9-12-14(23-17(24-15(12)30-11)29-8-3-5-22)27-6-7-28-13(10-27)25-26-16(28)18(19,20)21/h9H,2-4,6-8,10H2,1H3. The molecular formula is C18H18F3N7OS. The van der Waals surface area contributed by atoms with Crippen LogP contribution in [0, 0.1) is 11.3 Å². The summed E-state index contributed by atoms with van der Waals surface area (Å²) in [5.74, 6) is -0.157. The number of nitriles is 1. The molecule has 4 rings (SSSR count). The number of alkyl halides is 3. The van der Waals surface area contributed by atoms with Gasteiger partial charge in [-0.1, -0.05) is 13.3 Å². The third-order valence-electron chi connectivity index (χ3n) is 4.65. The minimum Gasteiger partial charge on any atom is -0.462 e. The maximum Gasteiger partial charge on any atom is 0.451 e. The Bertz CT molecular complexity index is 1100. The molecule has 3 aromatic heterocycles. The number of aromatic nitrogens is 5. The average molecular weight is 437 g/mol. The molecule has 0 fully saturated rings. The molecule has 0 saturated carbocycles. The first-order chi connectivity index (χ1) is 14.4. The van der Waals surface area contributed by atoms with Crippen LogP contribution in [0.25, 0.3) is 10.2 Å². The Morgan fingerprint density at radius 2 is 2.10 bits per heavy atom. The normalized spacial score (nSPS) is 14.0. The van der Waals surface area contributed by atoms with Gasteiger partial charge < -0.3 is 14.2 Å². The van der Waals surface area contributed by atoms with E-state index in [4.69, 9.17) is 10.00 Å². The van der Waals surface area contributed by atoms with E-state index in [1.807, 2.05) is 17.0 Å². The summed E-state index contributed by atoms with van der Waals surface area (Å²) in [5, 5.41) is 16.6. The van der Waals surface area contributed by atoms with E-state index in [2.05, 4.69) is 27.1 Å². The van der Waals surface area contributed by atoms with Crippen molar-refractivity contribution >= 4 is 27.4 Å². The molecule has 0 bridgehead atoms. The van der Waals surface area contributed by atoms with E-state index in [-0.39, 0.29) is 38.0 Å². The van der Waals surface area contributed by atoms with Crippen LogP contribution in [0.4, 0.5) is 19.0 Å². The smallest absolute Gasteiger partial charge is 0.451 e. The Kier molecular flexibility index (Phi) is 5.46. The highest BCUT2D eigenvalue weighted by Gasteiger charge is 2.39. The molecule has 0 aromatic carbocycles. The number of anilines is 1. The fourth-order valence-corrected chi connectivity index (χ4v) is 4.46. The van der Waals surface area contributed by atoms with Gasteiger partial charge in [0.1, 0.15) is 17.3 Å². The van der Waals surface area contributed by atoms with E-state index < -0.39 is 12.0 Å².